The highest BCUT2D eigenvalue weighted by Gasteiger charge is 2.20. The quantitative estimate of drug-likeness (QED) is 0.145. The lowest BCUT2D eigenvalue weighted by molar-refractivity contribution is -0.393. The number of azo groups is 1. The van der Waals surface area contributed by atoms with Gasteiger partial charge in [-0.05, 0) is 31.2 Å². The minimum atomic E-state index is -0.772. The average molecular weight is 443 g/mol. The van der Waals surface area contributed by atoms with Crippen molar-refractivity contribution in [3.63, 3.8) is 0 Å². The Hall–Kier alpha value is -4.86. The van der Waals surface area contributed by atoms with Gasteiger partial charge in [0, 0.05) is 28.2 Å². The smallest absolute Gasteiger partial charge is 0.303 e. The number of benzene rings is 4. The minimum absolute atomic E-state index is 0.0796. The van der Waals surface area contributed by atoms with Crippen LogP contribution in [-0.4, -0.2) is 15.0 Å². The second-order valence-corrected chi connectivity index (χ2v) is 7.22. The van der Waals surface area contributed by atoms with Crippen LogP contribution in [0.25, 0.3) is 10.8 Å². The average Bonchev–Trinajstić information content (AvgIpc) is 2.81. The van der Waals surface area contributed by atoms with Gasteiger partial charge >= 0.3 is 5.69 Å². The molecule has 2 N–H and O–H groups in total. The Labute approximate surface area is 187 Å². The number of fused-ring (bicyclic) bond motifs is 1. The minimum Gasteiger partial charge on any atom is -0.505 e. The van der Waals surface area contributed by atoms with E-state index >= 15 is 0 Å². The van der Waals surface area contributed by atoms with Gasteiger partial charge in [0.05, 0.1) is 15.9 Å². The molecular weight excluding hydrogens is 426 g/mol. The van der Waals surface area contributed by atoms with Gasteiger partial charge in [0.2, 0.25) is 0 Å². The molecule has 0 saturated carbocycles. The van der Waals surface area contributed by atoms with Gasteiger partial charge in [-0.15, -0.1) is 10.2 Å². The summed E-state index contributed by atoms with van der Waals surface area (Å²) in [5.41, 5.74) is 1.49. The molecule has 0 saturated heterocycles. The molecule has 4 rings (SSSR count). The highest BCUT2D eigenvalue weighted by atomic mass is 16.6. The number of nitrogens with zero attached hydrogens (tertiary/aromatic N) is 4. The summed E-state index contributed by atoms with van der Waals surface area (Å²) in [4.78, 5) is 20.8. The van der Waals surface area contributed by atoms with Crippen LogP contribution >= 0.6 is 0 Å². The SMILES string of the molecule is Cc1ccc(Nc2cc(N=Nc3ccc([N+](=O)[O-])cc3[N+](=O)[O-])c(O)c3ccccc23)cc1. The molecule has 0 aliphatic carbocycles. The van der Waals surface area contributed by atoms with Crippen LogP contribution in [0.5, 0.6) is 5.75 Å². The van der Waals surface area contributed by atoms with Crippen molar-refractivity contribution in [2.75, 3.05) is 5.32 Å². The second kappa shape index (κ2) is 8.71. The summed E-state index contributed by atoms with van der Waals surface area (Å²) in [6.07, 6.45) is 0. The standard InChI is InChI=1S/C23H17N5O5/c1-14-6-8-15(9-7-14)24-20-13-21(23(29)18-5-3-2-4-17(18)20)26-25-19-11-10-16(27(30)31)12-22(19)28(32)33/h2-13,24,29H,1H3. The van der Waals surface area contributed by atoms with Crippen LogP contribution in [0, 0.1) is 27.2 Å². The number of non-ortho nitro benzene ring substituents is 1. The molecule has 4 aromatic carbocycles. The number of nitrogens with one attached hydrogen (secondary N) is 1. The van der Waals surface area contributed by atoms with Crippen molar-refractivity contribution in [1.82, 2.24) is 0 Å². The molecule has 0 aliphatic heterocycles. The molecule has 0 heterocycles. The maximum absolute atomic E-state index is 11.4. The van der Waals surface area contributed by atoms with Crippen LogP contribution in [0.15, 0.2) is 83.0 Å². The number of nitro groups is 2. The lowest BCUT2D eigenvalue weighted by atomic mass is 10.1. The molecular formula is C23H17N5O5. The molecule has 0 aliphatic rings. The summed E-state index contributed by atoms with van der Waals surface area (Å²) in [7, 11) is 0. The van der Waals surface area contributed by atoms with Crippen molar-refractivity contribution in [3.05, 3.63) is 98.6 Å². The van der Waals surface area contributed by atoms with Crippen molar-refractivity contribution in [1.29, 1.82) is 0 Å². The van der Waals surface area contributed by atoms with Crippen LogP contribution in [0.4, 0.5) is 34.1 Å². The molecule has 0 bridgehead atoms. The first-order valence-corrected chi connectivity index (χ1v) is 9.76. The lowest BCUT2D eigenvalue weighted by Crippen LogP contribution is -1.93. The van der Waals surface area contributed by atoms with E-state index in [1.165, 1.54) is 0 Å². The number of phenols is 1. The molecule has 164 valence electrons. The summed E-state index contributed by atoms with van der Waals surface area (Å²) in [6.45, 7) is 1.98. The summed E-state index contributed by atoms with van der Waals surface area (Å²) >= 11 is 0. The number of anilines is 2. The third-order valence-electron chi connectivity index (χ3n) is 4.96. The Bertz CT molecular complexity index is 1420. The summed E-state index contributed by atoms with van der Waals surface area (Å²) in [5, 5.41) is 45.5. The second-order valence-electron chi connectivity index (χ2n) is 7.22. The largest absolute Gasteiger partial charge is 0.505 e. The fourth-order valence-electron chi connectivity index (χ4n) is 3.28. The number of rotatable bonds is 6. The third kappa shape index (κ3) is 4.44. The number of aryl methyl sites for hydroxylation is 1. The zero-order chi connectivity index (χ0) is 23.5. The topological polar surface area (TPSA) is 143 Å². The van der Waals surface area contributed by atoms with Crippen molar-refractivity contribution in [2.24, 2.45) is 10.2 Å². The number of hydrogen-bond acceptors (Lipinski definition) is 8. The maximum atomic E-state index is 11.4. The number of hydrogen-bond donors (Lipinski definition) is 2. The van der Waals surface area contributed by atoms with E-state index in [-0.39, 0.29) is 17.1 Å². The highest BCUT2D eigenvalue weighted by molar-refractivity contribution is 6.02. The summed E-state index contributed by atoms with van der Waals surface area (Å²) in [6, 6.07) is 19.6. The van der Waals surface area contributed by atoms with Crippen LogP contribution in [-0.2, 0) is 0 Å². The van der Waals surface area contributed by atoms with Gasteiger partial charge in [-0.3, -0.25) is 20.2 Å². The predicted molar refractivity (Wildman–Crippen MR) is 124 cm³/mol. The lowest BCUT2D eigenvalue weighted by Gasteiger charge is -2.13. The Kier molecular flexibility index (Phi) is 5.64. The first kappa shape index (κ1) is 21.4. The van der Waals surface area contributed by atoms with Gasteiger partial charge in [-0.2, -0.15) is 0 Å². The first-order chi connectivity index (χ1) is 15.8. The van der Waals surface area contributed by atoms with E-state index in [0.717, 1.165) is 34.8 Å². The zero-order valence-electron chi connectivity index (χ0n) is 17.3. The van der Waals surface area contributed by atoms with Crippen LogP contribution < -0.4 is 5.32 Å². The van der Waals surface area contributed by atoms with Gasteiger partial charge in [0.25, 0.3) is 5.69 Å². The molecule has 33 heavy (non-hydrogen) atoms. The molecule has 0 fully saturated rings. The van der Waals surface area contributed by atoms with Gasteiger partial charge in [0.15, 0.2) is 11.4 Å². The molecule has 0 spiro atoms. The van der Waals surface area contributed by atoms with Crippen LogP contribution in [0.3, 0.4) is 0 Å². The Balaban J connectivity index is 1.79. The van der Waals surface area contributed by atoms with Crippen molar-refractivity contribution in [3.8, 4) is 5.75 Å². The third-order valence-corrected chi connectivity index (χ3v) is 4.96. The van der Waals surface area contributed by atoms with Crippen molar-refractivity contribution >= 4 is 44.9 Å². The maximum Gasteiger partial charge on any atom is 0.303 e. The monoisotopic (exact) mass is 443 g/mol. The Morgan fingerprint density at radius 1 is 0.818 bits per heavy atom. The summed E-state index contributed by atoms with van der Waals surface area (Å²) < 4.78 is 0. The number of aromatic hydroxyl groups is 1. The Morgan fingerprint density at radius 2 is 1.48 bits per heavy atom. The summed E-state index contributed by atoms with van der Waals surface area (Å²) in [5.74, 6) is -0.145. The molecule has 10 heteroatoms. The number of phenolic OH excluding ortho intramolecular Hbond substituents is 1. The van der Waals surface area contributed by atoms with Gasteiger partial charge in [-0.25, -0.2) is 0 Å². The van der Waals surface area contributed by atoms with E-state index in [9.17, 15) is 25.3 Å². The molecule has 0 amide bonds. The Morgan fingerprint density at radius 3 is 2.15 bits per heavy atom. The fourth-order valence-corrected chi connectivity index (χ4v) is 3.28. The molecule has 0 atom stereocenters. The van der Waals surface area contributed by atoms with Crippen molar-refractivity contribution in [2.45, 2.75) is 6.92 Å². The molecule has 0 unspecified atom stereocenters. The van der Waals surface area contributed by atoms with E-state index < -0.39 is 21.2 Å². The normalized spacial score (nSPS) is 11.1. The van der Waals surface area contributed by atoms with E-state index in [1.807, 2.05) is 43.3 Å². The van der Waals surface area contributed by atoms with Crippen LogP contribution in [0.2, 0.25) is 0 Å². The molecule has 10 nitrogen and oxygen atoms in total. The fraction of sp³-hybridized carbons (Fsp3) is 0.0435. The number of nitro benzene ring substituents is 2. The molecule has 0 radical (unpaired) electrons. The van der Waals surface area contributed by atoms with Gasteiger partial charge in [0.1, 0.15) is 5.69 Å². The molecule has 4 aromatic rings. The van der Waals surface area contributed by atoms with Gasteiger partial charge < -0.3 is 10.4 Å². The van der Waals surface area contributed by atoms with E-state index in [2.05, 4.69) is 15.5 Å². The van der Waals surface area contributed by atoms with Crippen LogP contribution in [0.1, 0.15) is 5.56 Å². The van der Waals surface area contributed by atoms with E-state index in [0.29, 0.717) is 11.1 Å². The molecule has 0 aromatic heterocycles. The zero-order valence-corrected chi connectivity index (χ0v) is 17.3. The van der Waals surface area contributed by atoms with E-state index in [1.54, 1.807) is 18.2 Å². The van der Waals surface area contributed by atoms with Gasteiger partial charge in [-0.1, -0.05) is 42.0 Å². The van der Waals surface area contributed by atoms with Crippen molar-refractivity contribution < 1.29 is 15.0 Å². The highest BCUT2D eigenvalue weighted by Crippen LogP contribution is 2.42. The first-order valence-electron chi connectivity index (χ1n) is 9.76. The predicted octanol–water partition coefficient (Wildman–Crippen LogP) is 6.83. The van der Waals surface area contributed by atoms with E-state index in [4.69, 9.17) is 0 Å².